The molecule has 0 aliphatic rings. The van der Waals surface area contributed by atoms with Gasteiger partial charge in [0.05, 0.1) is 11.1 Å². The molecule has 4 heteroatoms. The van der Waals surface area contributed by atoms with E-state index in [1.807, 2.05) is 42.5 Å². The van der Waals surface area contributed by atoms with E-state index in [0.717, 1.165) is 18.1 Å². The van der Waals surface area contributed by atoms with Crippen LogP contribution < -0.4 is 0 Å². The van der Waals surface area contributed by atoms with Crippen LogP contribution in [0.3, 0.4) is 0 Å². The second-order valence-corrected chi connectivity index (χ2v) is 8.24. The predicted octanol–water partition coefficient (Wildman–Crippen LogP) is 7.96. The van der Waals surface area contributed by atoms with Crippen LogP contribution in [0.2, 0.25) is 0 Å². The van der Waals surface area contributed by atoms with Crippen LogP contribution in [-0.2, 0) is 6.42 Å². The van der Waals surface area contributed by atoms with Crippen LogP contribution in [-0.4, -0.2) is 0 Å². The highest BCUT2D eigenvalue weighted by Gasteiger charge is 2.19. The van der Waals surface area contributed by atoms with E-state index in [4.69, 9.17) is 5.26 Å². The molecule has 1 nitrogen and oxygen atoms in total. The van der Waals surface area contributed by atoms with Gasteiger partial charge in [-0.3, -0.25) is 0 Å². The first-order valence-electron chi connectivity index (χ1n) is 10.7. The van der Waals surface area contributed by atoms with Gasteiger partial charge in [-0.25, -0.2) is 13.2 Å². The van der Waals surface area contributed by atoms with Crippen LogP contribution in [0.25, 0.3) is 22.3 Å². The molecule has 4 aromatic carbocycles. The van der Waals surface area contributed by atoms with Crippen LogP contribution in [0.4, 0.5) is 13.2 Å². The Hall–Kier alpha value is -3.84. The van der Waals surface area contributed by atoms with Gasteiger partial charge in [-0.05, 0) is 70.8 Å². The molecule has 0 saturated carbocycles. The van der Waals surface area contributed by atoms with Crippen molar-refractivity contribution in [3.63, 3.8) is 0 Å². The van der Waals surface area contributed by atoms with Crippen molar-refractivity contribution < 1.29 is 13.2 Å². The van der Waals surface area contributed by atoms with Crippen LogP contribution in [0.1, 0.15) is 35.1 Å². The average Bonchev–Trinajstić information content (AvgIpc) is 2.83. The molecule has 0 spiro atoms. The van der Waals surface area contributed by atoms with Crippen molar-refractivity contribution in [2.75, 3.05) is 0 Å². The number of hydrogen-bond acceptors (Lipinski definition) is 1. The largest absolute Gasteiger partial charge is 0.206 e. The van der Waals surface area contributed by atoms with Crippen molar-refractivity contribution in [1.82, 2.24) is 0 Å². The summed E-state index contributed by atoms with van der Waals surface area (Å²) in [4.78, 5) is 0. The van der Waals surface area contributed by atoms with Gasteiger partial charge in [0, 0.05) is 0 Å². The lowest BCUT2D eigenvalue weighted by Crippen LogP contribution is -1.99. The standard InChI is InChI=1S/C29H22F3N/c1-18(21-6-4-3-5-7-21)14-20-8-10-22(11-9-20)25-16-27(31)28(29(32)19(25)2)23-12-13-24(17-33)26(30)15-23/h3-13,15-16,18H,14H2,1-2H3/t18-/m1/s1. The summed E-state index contributed by atoms with van der Waals surface area (Å²) in [5, 5.41) is 8.88. The molecule has 0 aliphatic heterocycles. The van der Waals surface area contributed by atoms with Gasteiger partial charge in [0.2, 0.25) is 0 Å². The molecule has 0 bridgehead atoms. The lowest BCUT2D eigenvalue weighted by atomic mass is 9.91. The fraction of sp³-hybridized carbons (Fsp3) is 0.138. The first-order chi connectivity index (χ1) is 15.9. The summed E-state index contributed by atoms with van der Waals surface area (Å²) in [6, 6.07) is 24.5. The Morgan fingerprint density at radius 2 is 1.48 bits per heavy atom. The molecule has 0 aromatic heterocycles. The minimum Gasteiger partial charge on any atom is -0.206 e. The van der Waals surface area contributed by atoms with Crippen LogP contribution >= 0.6 is 0 Å². The molecule has 164 valence electrons. The zero-order valence-corrected chi connectivity index (χ0v) is 18.4. The topological polar surface area (TPSA) is 23.8 Å². The number of nitrogens with zero attached hydrogens (tertiary/aromatic N) is 1. The summed E-state index contributed by atoms with van der Waals surface area (Å²) in [7, 11) is 0. The molecule has 0 heterocycles. The smallest absolute Gasteiger partial charge is 0.141 e. The molecule has 0 N–H and O–H groups in total. The molecule has 4 aromatic rings. The van der Waals surface area contributed by atoms with Crippen LogP contribution in [0.5, 0.6) is 0 Å². The van der Waals surface area contributed by atoms with Crippen LogP contribution in [0, 0.1) is 35.7 Å². The van der Waals surface area contributed by atoms with E-state index in [2.05, 4.69) is 19.1 Å². The van der Waals surface area contributed by atoms with Crippen molar-refractivity contribution in [2.45, 2.75) is 26.2 Å². The lowest BCUT2D eigenvalue weighted by molar-refractivity contribution is 0.584. The number of benzene rings is 4. The van der Waals surface area contributed by atoms with Crippen LogP contribution in [0.15, 0.2) is 78.9 Å². The Labute approximate surface area is 191 Å². The fourth-order valence-corrected chi connectivity index (χ4v) is 4.12. The summed E-state index contributed by atoms with van der Waals surface area (Å²) in [5.41, 5.74) is 3.42. The van der Waals surface area contributed by atoms with E-state index in [-0.39, 0.29) is 22.3 Å². The number of nitriles is 1. The first-order valence-corrected chi connectivity index (χ1v) is 10.7. The third kappa shape index (κ3) is 4.54. The third-order valence-electron chi connectivity index (χ3n) is 6.02. The van der Waals surface area contributed by atoms with Gasteiger partial charge in [0.1, 0.15) is 23.5 Å². The zero-order valence-electron chi connectivity index (χ0n) is 18.4. The maximum atomic E-state index is 15.2. The Morgan fingerprint density at radius 1 is 0.818 bits per heavy atom. The Morgan fingerprint density at radius 3 is 2.12 bits per heavy atom. The van der Waals surface area contributed by atoms with Crippen molar-refractivity contribution >= 4 is 0 Å². The SMILES string of the molecule is Cc1c(-c2ccc(C[C@@H](C)c3ccccc3)cc2)cc(F)c(-c2ccc(C#N)c(F)c2)c1F. The third-order valence-corrected chi connectivity index (χ3v) is 6.02. The van der Waals surface area contributed by atoms with Crippen molar-refractivity contribution in [2.24, 2.45) is 0 Å². The highest BCUT2D eigenvalue weighted by molar-refractivity contribution is 5.75. The molecule has 0 fully saturated rings. The summed E-state index contributed by atoms with van der Waals surface area (Å²) < 4.78 is 44.2. The van der Waals surface area contributed by atoms with Gasteiger partial charge in [0.25, 0.3) is 0 Å². The van der Waals surface area contributed by atoms with Gasteiger partial charge >= 0.3 is 0 Å². The Bertz CT molecular complexity index is 1340. The summed E-state index contributed by atoms with van der Waals surface area (Å²) in [5.74, 6) is -1.98. The Kier molecular flexibility index (Phi) is 6.33. The summed E-state index contributed by atoms with van der Waals surface area (Å²) in [6.07, 6.45) is 0.856. The minimum atomic E-state index is -0.809. The molecular formula is C29H22F3N. The predicted molar refractivity (Wildman–Crippen MR) is 125 cm³/mol. The highest BCUT2D eigenvalue weighted by Crippen LogP contribution is 2.35. The highest BCUT2D eigenvalue weighted by atomic mass is 19.1. The van der Waals surface area contributed by atoms with Gasteiger partial charge in [-0.2, -0.15) is 5.26 Å². The molecule has 33 heavy (non-hydrogen) atoms. The van der Waals surface area contributed by atoms with Crippen molar-refractivity contribution in [3.05, 3.63) is 119 Å². The number of hydrogen-bond donors (Lipinski definition) is 0. The molecule has 0 unspecified atom stereocenters. The molecule has 0 aliphatic carbocycles. The van der Waals surface area contributed by atoms with E-state index >= 15 is 4.39 Å². The molecule has 1 atom stereocenters. The van der Waals surface area contributed by atoms with Gasteiger partial charge in [0.15, 0.2) is 0 Å². The molecule has 0 amide bonds. The van der Waals surface area contributed by atoms with Gasteiger partial charge in [-0.1, -0.05) is 67.6 Å². The molecule has 0 saturated heterocycles. The second kappa shape index (κ2) is 9.34. The van der Waals surface area contributed by atoms with E-state index in [1.165, 1.54) is 23.8 Å². The summed E-state index contributed by atoms with van der Waals surface area (Å²) >= 11 is 0. The van der Waals surface area contributed by atoms with E-state index < -0.39 is 17.5 Å². The minimum absolute atomic E-state index is 0.0568. The normalized spacial score (nSPS) is 11.8. The van der Waals surface area contributed by atoms with Gasteiger partial charge in [-0.15, -0.1) is 0 Å². The van der Waals surface area contributed by atoms with E-state index in [1.54, 1.807) is 13.0 Å². The summed E-state index contributed by atoms with van der Waals surface area (Å²) in [6.45, 7) is 3.75. The first kappa shape index (κ1) is 22.4. The maximum absolute atomic E-state index is 15.2. The Balaban J connectivity index is 1.63. The van der Waals surface area contributed by atoms with Crippen molar-refractivity contribution in [3.8, 4) is 28.3 Å². The quantitative estimate of drug-likeness (QED) is 0.308. The number of rotatable bonds is 5. The number of halogens is 3. The van der Waals surface area contributed by atoms with E-state index in [9.17, 15) is 8.78 Å². The van der Waals surface area contributed by atoms with Crippen molar-refractivity contribution in [1.29, 1.82) is 5.26 Å². The molecular weight excluding hydrogens is 419 g/mol. The average molecular weight is 441 g/mol. The lowest BCUT2D eigenvalue weighted by Gasteiger charge is -2.15. The van der Waals surface area contributed by atoms with E-state index in [0.29, 0.717) is 17.0 Å². The maximum Gasteiger partial charge on any atom is 0.141 e. The van der Waals surface area contributed by atoms with Gasteiger partial charge < -0.3 is 0 Å². The molecule has 4 rings (SSSR count). The second-order valence-electron chi connectivity index (χ2n) is 8.24. The fourth-order valence-electron chi connectivity index (χ4n) is 4.12. The molecule has 0 radical (unpaired) electrons. The zero-order chi connectivity index (χ0) is 23.5. The monoisotopic (exact) mass is 441 g/mol.